The van der Waals surface area contributed by atoms with Crippen molar-refractivity contribution >= 4 is 45.4 Å². The molecule has 0 aromatic rings. The fourth-order valence-corrected chi connectivity index (χ4v) is 10.4. The van der Waals surface area contributed by atoms with E-state index in [-0.39, 0.29) is 34.4 Å². The van der Waals surface area contributed by atoms with Gasteiger partial charge in [0.25, 0.3) is 0 Å². The molecular weight excluding hydrogens is 584 g/mol. The van der Waals surface area contributed by atoms with E-state index < -0.39 is 28.7 Å². The summed E-state index contributed by atoms with van der Waals surface area (Å²) in [5, 5.41) is 10.1. The molecule has 4 aliphatic rings. The van der Waals surface area contributed by atoms with Crippen LogP contribution in [0.4, 0.5) is 0 Å². The average Bonchev–Trinajstić information content (AvgIpc) is 3.53. The number of halogens is 1. The molecule has 3 unspecified atom stereocenters. The molecule has 0 saturated carbocycles. The summed E-state index contributed by atoms with van der Waals surface area (Å²) in [6.07, 6.45) is 4.87. The van der Waals surface area contributed by atoms with Crippen molar-refractivity contribution in [3.63, 3.8) is 0 Å². The second-order valence-corrected chi connectivity index (χ2v) is 13.8. The first-order chi connectivity index (χ1) is 18.7. The van der Waals surface area contributed by atoms with Crippen molar-refractivity contribution in [3.05, 3.63) is 25.3 Å². The number of carbonyl (C=O) groups is 3. The van der Waals surface area contributed by atoms with Crippen LogP contribution in [0.15, 0.2) is 25.3 Å². The number of ether oxygens (including phenoxy) is 1. The van der Waals surface area contributed by atoms with Crippen LogP contribution in [-0.2, 0) is 19.1 Å². The van der Waals surface area contributed by atoms with E-state index >= 15 is 0 Å². The molecule has 4 rings (SSSR count). The quantitative estimate of drug-likeness (QED) is 0.245. The van der Waals surface area contributed by atoms with Gasteiger partial charge in [0, 0.05) is 55.9 Å². The summed E-state index contributed by atoms with van der Waals surface area (Å²) in [4.78, 5) is 50.1. The molecule has 0 aromatic carbocycles. The van der Waals surface area contributed by atoms with E-state index in [0.29, 0.717) is 52.4 Å². The Kier molecular flexibility index (Phi) is 10.2. The van der Waals surface area contributed by atoms with E-state index in [2.05, 4.69) is 34.0 Å². The fourth-order valence-electron chi connectivity index (χ4n) is 6.83. The standard InChI is InChI=1S/C28H43BrN4O5S/c1-5-8-31(9-6-2)25(35)21-22-26(36)33(19(4)18-34)24(28(22)17-20(29)23(21)39-28)27(37)32(10-7-3)12-11-30-13-15-38-16-14-30/h5,7,19-24,34H,1,3,6,8-18H2,2,4H3/t19-,20?,21+,22+,23+,24?,28?/m1/s1. The number of aliphatic hydroxyl groups excluding tert-OH is 1. The molecule has 0 aromatic heterocycles. The van der Waals surface area contributed by atoms with Crippen molar-refractivity contribution < 1.29 is 24.2 Å². The Labute approximate surface area is 245 Å². The second kappa shape index (κ2) is 13.1. The SMILES string of the molecule is C=CCN(CCN1CCOCC1)C(=O)C1N([C@H](C)CO)C(=O)[C@@H]2[C@H](C(=O)N(CC=C)CCC)[C@H]3SC12CC3Br. The monoisotopic (exact) mass is 626 g/mol. The van der Waals surface area contributed by atoms with Crippen LogP contribution in [0.25, 0.3) is 0 Å². The summed E-state index contributed by atoms with van der Waals surface area (Å²) >= 11 is 5.47. The number of hydrogen-bond donors (Lipinski definition) is 1. The molecule has 4 heterocycles. The van der Waals surface area contributed by atoms with Crippen LogP contribution in [-0.4, -0.2) is 135 Å². The van der Waals surface area contributed by atoms with Crippen LogP contribution in [0.3, 0.4) is 0 Å². The molecule has 1 spiro atoms. The predicted molar refractivity (Wildman–Crippen MR) is 157 cm³/mol. The highest BCUT2D eigenvalue weighted by atomic mass is 79.9. The van der Waals surface area contributed by atoms with E-state index in [1.807, 2.05) is 6.92 Å². The van der Waals surface area contributed by atoms with E-state index in [4.69, 9.17) is 4.74 Å². The molecule has 9 nitrogen and oxygen atoms in total. The summed E-state index contributed by atoms with van der Waals surface area (Å²) in [6.45, 7) is 16.9. The predicted octanol–water partition coefficient (Wildman–Crippen LogP) is 1.60. The number of thioether (sulfide) groups is 1. The van der Waals surface area contributed by atoms with Gasteiger partial charge in [0.2, 0.25) is 17.7 Å². The summed E-state index contributed by atoms with van der Waals surface area (Å²) in [6, 6.07) is -1.30. The highest BCUT2D eigenvalue weighted by molar-refractivity contribution is 9.09. The Morgan fingerprint density at radius 3 is 2.44 bits per heavy atom. The van der Waals surface area contributed by atoms with Gasteiger partial charge in [0.05, 0.1) is 42.4 Å². The highest BCUT2D eigenvalue weighted by Gasteiger charge is 2.76. The Balaban J connectivity index is 1.68. The highest BCUT2D eigenvalue weighted by Crippen LogP contribution is 2.68. The van der Waals surface area contributed by atoms with E-state index in [0.717, 1.165) is 19.5 Å². The van der Waals surface area contributed by atoms with Gasteiger partial charge >= 0.3 is 0 Å². The summed E-state index contributed by atoms with van der Waals surface area (Å²) in [5.74, 6) is -1.50. The van der Waals surface area contributed by atoms with Crippen LogP contribution in [0.2, 0.25) is 0 Å². The first-order valence-electron chi connectivity index (χ1n) is 14.1. The smallest absolute Gasteiger partial charge is 0.247 e. The molecule has 4 saturated heterocycles. The summed E-state index contributed by atoms with van der Waals surface area (Å²) in [7, 11) is 0. The zero-order chi connectivity index (χ0) is 28.3. The fraction of sp³-hybridized carbons (Fsp3) is 0.750. The lowest BCUT2D eigenvalue weighted by molar-refractivity contribution is -0.146. The molecule has 4 fully saturated rings. The lowest BCUT2D eigenvalue weighted by Crippen LogP contribution is -2.58. The first-order valence-corrected chi connectivity index (χ1v) is 15.9. The lowest BCUT2D eigenvalue weighted by Gasteiger charge is -2.40. The van der Waals surface area contributed by atoms with Gasteiger partial charge in [-0.25, -0.2) is 0 Å². The van der Waals surface area contributed by atoms with Crippen molar-refractivity contribution in [2.45, 2.75) is 53.6 Å². The molecular formula is C28H43BrN4O5S. The van der Waals surface area contributed by atoms with Gasteiger partial charge in [-0.1, -0.05) is 35.0 Å². The number of amides is 3. The summed E-state index contributed by atoms with van der Waals surface area (Å²) < 4.78 is 4.73. The lowest BCUT2D eigenvalue weighted by atomic mass is 9.70. The number of carbonyl (C=O) groups excluding carboxylic acids is 3. The molecule has 1 N–H and O–H groups in total. The third kappa shape index (κ3) is 5.58. The van der Waals surface area contributed by atoms with Crippen molar-refractivity contribution in [1.82, 2.24) is 19.6 Å². The number of nitrogens with zero attached hydrogens (tertiary/aromatic N) is 4. The first kappa shape index (κ1) is 30.6. The third-order valence-electron chi connectivity index (χ3n) is 8.59. The number of rotatable bonds is 13. The topological polar surface area (TPSA) is 93.6 Å². The largest absolute Gasteiger partial charge is 0.394 e. The Bertz CT molecular complexity index is 949. The average molecular weight is 628 g/mol. The molecule has 11 heteroatoms. The van der Waals surface area contributed by atoms with Crippen molar-refractivity contribution in [3.8, 4) is 0 Å². The van der Waals surface area contributed by atoms with Crippen LogP contribution in [0, 0.1) is 11.8 Å². The molecule has 2 bridgehead atoms. The maximum absolute atomic E-state index is 14.5. The van der Waals surface area contributed by atoms with Crippen LogP contribution in [0.5, 0.6) is 0 Å². The minimum atomic E-state index is -0.756. The minimum absolute atomic E-state index is 0.00796. The number of aliphatic hydroxyl groups is 1. The molecule has 0 radical (unpaired) electrons. The number of morpholine rings is 1. The maximum atomic E-state index is 14.5. The van der Waals surface area contributed by atoms with Crippen molar-refractivity contribution in [2.24, 2.45) is 11.8 Å². The van der Waals surface area contributed by atoms with Gasteiger partial charge in [-0.3, -0.25) is 19.3 Å². The number of hydrogen-bond acceptors (Lipinski definition) is 7. The van der Waals surface area contributed by atoms with Crippen LogP contribution >= 0.6 is 27.7 Å². The Hall–Kier alpha value is -1.40. The van der Waals surface area contributed by atoms with Gasteiger partial charge in [0.1, 0.15) is 6.04 Å². The molecule has 218 valence electrons. The Morgan fingerprint density at radius 2 is 1.85 bits per heavy atom. The van der Waals surface area contributed by atoms with Gasteiger partial charge < -0.3 is 24.5 Å². The van der Waals surface area contributed by atoms with Crippen LogP contribution in [0.1, 0.15) is 26.7 Å². The number of fused-ring (bicyclic) bond motifs is 1. The normalized spacial score (nSPS) is 32.7. The number of likely N-dealkylation sites (tertiary alicyclic amines) is 1. The van der Waals surface area contributed by atoms with Crippen molar-refractivity contribution in [1.29, 1.82) is 0 Å². The van der Waals surface area contributed by atoms with E-state index in [1.54, 1.807) is 45.5 Å². The number of alkyl halides is 1. The van der Waals surface area contributed by atoms with E-state index in [1.165, 1.54) is 0 Å². The molecule has 7 atom stereocenters. The van der Waals surface area contributed by atoms with Crippen LogP contribution < -0.4 is 0 Å². The molecule has 3 amide bonds. The van der Waals surface area contributed by atoms with Gasteiger partial charge in [-0.05, 0) is 19.8 Å². The van der Waals surface area contributed by atoms with Gasteiger partial charge in [-0.2, -0.15) is 0 Å². The zero-order valence-electron chi connectivity index (χ0n) is 23.2. The van der Waals surface area contributed by atoms with Gasteiger partial charge in [0.15, 0.2) is 0 Å². The van der Waals surface area contributed by atoms with E-state index in [9.17, 15) is 19.5 Å². The second-order valence-electron chi connectivity index (χ2n) is 11.0. The van der Waals surface area contributed by atoms with Gasteiger partial charge in [-0.15, -0.1) is 24.9 Å². The minimum Gasteiger partial charge on any atom is -0.394 e. The third-order valence-corrected chi connectivity index (χ3v) is 11.8. The molecule has 4 aliphatic heterocycles. The summed E-state index contributed by atoms with van der Waals surface area (Å²) in [5.41, 5.74) is 0. The zero-order valence-corrected chi connectivity index (χ0v) is 25.6. The molecule has 39 heavy (non-hydrogen) atoms. The maximum Gasteiger partial charge on any atom is 0.247 e. The Morgan fingerprint density at radius 1 is 1.21 bits per heavy atom. The molecule has 0 aliphatic carbocycles. The van der Waals surface area contributed by atoms with Crippen molar-refractivity contribution in [2.75, 3.05) is 65.6 Å².